The van der Waals surface area contributed by atoms with Gasteiger partial charge < -0.3 is 10.3 Å². The second-order valence-electron chi connectivity index (χ2n) is 7.30. The molecule has 3 nitrogen and oxygen atoms in total. The van der Waals surface area contributed by atoms with Gasteiger partial charge in [-0.3, -0.25) is 4.79 Å². The Balaban J connectivity index is 1.62. The molecule has 29 heavy (non-hydrogen) atoms. The first-order valence-corrected chi connectivity index (χ1v) is 9.77. The van der Waals surface area contributed by atoms with E-state index in [1.807, 2.05) is 67.7 Å². The van der Waals surface area contributed by atoms with Gasteiger partial charge in [-0.15, -0.1) is 0 Å². The van der Waals surface area contributed by atoms with Crippen LogP contribution in [0.4, 0.5) is 4.39 Å². The van der Waals surface area contributed by atoms with E-state index in [9.17, 15) is 9.18 Å². The number of hydrogen-bond donors (Lipinski definition) is 2. The van der Waals surface area contributed by atoms with E-state index in [4.69, 9.17) is 0 Å². The van der Waals surface area contributed by atoms with Crippen molar-refractivity contribution in [3.05, 3.63) is 108 Å². The van der Waals surface area contributed by atoms with E-state index < -0.39 is 0 Å². The average molecular weight is 386 g/mol. The van der Waals surface area contributed by atoms with Crippen molar-refractivity contribution in [3.63, 3.8) is 0 Å². The van der Waals surface area contributed by atoms with Gasteiger partial charge in [-0.1, -0.05) is 60.7 Å². The van der Waals surface area contributed by atoms with Gasteiger partial charge >= 0.3 is 0 Å². The fourth-order valence-electron chi connectivity index (χ4n) is 3.80. The van der Waals surface area contributed by atoms with Crippen molar-refractivity contribution in [1.29, 1.82) is 0 Å². The van der Waals surface area contributed by atoms with Crippen LogP contribution < -0.4 is 5.32 Å². The number of carbonyl (C=O) groups excluding carboxylic acids is 1. The average Bonchev–Trinajstić information content (AvgIpc) is 3.17. The standard InChI is InChI=1S/C25H23FN2O/c1-17(18-7-3-2-4-8-18)28-25(29)15-22(19-11-13-20(26)14-12-19)23-16-27-24-10-6-5-9-21(23)24/h2-14,16-17,22,27H,15H2,1H3,(H,28,29). The van der Waals surface area contributed by atoms with Crippen LogP contribution in [-0.4, -0.2) is 10.9 Å². The van der Waals surface area contributed by atoms with E-state index in [0.29, 0.717) is 0 Å². The normalized spacial score (nSPS) is 13.2. The Kier molecular flexibility index (Phi) is 5.43. The number of aromatic amines is 1. The lowest BCUT2D eigenvalue weighted by Crippen LogP contribution is -2.28. The van der Waals surface area contributed by atoms with Crippen LogP contribution in [-0.2, 0) is 4.79 Å². The number of hydrogen-bond acceptors (Lipinski definition) is 1. The molecule has 0 radical (unpaired) electrons. The van der Waals surface area contributed by atoms with Gasteiger partial charge in [-0.2, -0.15) is 0 Å². The Bertz CT molecular complexity index is 1100. The molecule has 4 aromatic rings. The molecule has 146 valence electrons. The van der Waals surface area contributed by atoms with E-state index >= 15 is 0 Å². The first kappa shape index (κ1) is 18.9. The number of aromatic nitrogens is 1. The third-order valence-electron chi connectivity index (χ3n) is 5.34. The molecule has 4 heteroatoms. The maximum atomic E-state index is 13.5. The van der Waals surface area contributed by atoms with Crippen molar-refractivity contribution in [2.24, 2.45) is 0 Å². The van der Waals surface area contributed by atoms with Crippen molar-refractivity contribution in [1.82, 2.24) is 10.3 Å². The summed E-state index contributed by atoms with van der Waals surface area (Å²) in [5, 5.41) is 4.17. The number of rotatable bonds is 6. The number of fused-ring (bicyclic) bond motifs is 1. The van der Waals surface area contributed by atoms with Gasteiger partial charge in [0.15, 0.2) is 0 Å². The molecule has 2 unspecified atom stereocenters. The van der Waals surface area contributed by atoms with Gasteiger partial charge in [0, 0.05) is 29.4 Å². The lowest BCUT2D eigenvalue weighted by molar-refractivity contribution is -0.121. The fourth-order valence-corrected chi connectivity index (χ4v) is 3.80. The molecule has 3 aromatic carbocycles. The summed E-state index contributed by atoms with van der Waals surface area (Å²) in [6.45, 7) is 1.98. The molecule has 0 fully saturated rings. The zero-order valence-corrected chi connectivity index (χ0v) is 16.2. The molecule has 0 aliphatic rings. The quantitative estimate of drug-likeness (QED) is 0.438. The van der Waals surface area contributed by atoms with Crippen molar-refractivity contribution in [3.8, 4) is 0 Å². The zero-order valence-electron chi connectivity index (χ0n) is 16.2. The molecule has 0 saturated carbocycles. The molecule has 2 N–H and O–H groups in total. The molecule has 1 amide bonds. The van der Waals surface area contributed by atoms with E-state index in [1.165, 1.54) is 12.1 Å². The minimum Gasteiger partial charge on any atom is -0.361 e. The number of H-pyrrole nitrogens is 1. The van der Waals surface area contributed by atoms with Gasteiger partial charge in [0.2, 0.25) is 5.91 Å². The van der Waals surface area contributed by atoms with Gasteiger partial charge in [0.1, 0.15) is 5.82 Å². The predicted molar refractivity (Wildman–Crippen MR) is 114 cm³/mol. The molecular weight excluding hydrogens is 363 g/mol. The number of amides is 1. The Morgan fingerprint density at radius 2 is 1.62 bits per heavy atom. The van der Waals surface area contributed by atoms with Crippen LogP contribution in [0.2, 0.25) is 0 Å². The maximum absolute atomic E-state index is 13.5. The van der Waals surface area contributed by atoms with Crippen LogP contribution in [0.25, 0.3) is 10.9 Å². The second kappa shape index (κ2) is 8.31. The summed E-state index contributed by atoms with van der Waals surface area (Å²) in [6, 6.07) is 24.2. The summed E-state index contributed by atoms with van der Waals surface area (Å²) in [6.07, 6.45) is 2.23. The Morgan fingerprint density at radius 3 is 2.38 bits per heavy atom. The molecule has 4 rings (SSSR count). The first-order chi connectivity index (χ1) is 14.1. The number of halogens is 1. The maximum Gasteiger partial charge on any atom is 0.221 e. The highest BCUT2D eigenvalue weighted by atomic mass is 19.1. The summed E-state index contributed by atoms with van der Waals surface area (Å²) in [5.74, 6) is -0.496. The SMILES string of the molecule is CC(NC(=O)CC(c1ccc(F)cc1)c1c[nH]c2ccccc12)c1ccccc1. The Morgan fingerprint density at radius 1 is 0.931 bits per heavy atom. The zero-order chi connectivity index (χ0) is 20.2. The van der Waals surface area contributed by atoms with E-state index in [1.54, 1.807) is 12.1 Å². The smallest absolute Gasteiger partial charge is 0.221 e. The number of carbonyl (C=O) groups is 1. The van der Waals surface area contributed by atoms with Crippen LogP contribution in [0, 0.1) is 5.82 Å². The molecule has 0 saturated heterocycles. The second-order valence-corrected chi connectivity index (χ2v) is 7.30. The monoisotopic (exact) mass is 386 g/mol. The summed E-state index contributed by atoms with van der Waals surface area (Å²) < 4.78 is 13.5. The van der Waals surface area contributed by atoms with E-state index in [-0.39, 0.29) is 30.1 Å². The molecule has 0 bridgehead atoms. The summed E-state index contributed by atoms with van der Waals surface area (Å²) in [4.78, 5) is 16.2. The fraction of sp³-hybridized carbons (Fsp3) is 0.160. The molecule has 0 aliphatic heterocycles. The minimum atomic E-state index is -0.284. The van der Waals surface area contributed by atoms with E-state index in [0.717, 1.165) is 27.6 Å². The first-order valence-electron chi connectivity index (χ1n) is 9.77. The van der Waals surface area contributed by atoms with Crippen LogP contribution >= 0.6 is 0 Å². The Labute approximate surface area is 169 Å². The summed E-state index contributed by atoms with van der Waals surface area (Å²) in [5.41, 5.74) is 4.03. The predicted octanol–water partition coefficient (Wildman–Crippen LogP) is 5.71. The highest BCUT2D eigenvalue weighted by Gasteiger charge is 2.22. The molecule has 2 atom stereocenters. The topological polar surface area (TPSA) is 44.9 Å². The minimum absolute atomic E-state index is 0.0408. The molecule has 1 aromatic heterocycles. The van der Waals surface area contributed by atoms with Crippen molar-refractivity contribution in [2.45, 2.75) is 25.3 Å². The van der Waals surface area contributed by atoms with Gasteiger partial charge in [-0.05, 0) is 41.8 Å². The number of para-hydroxylation sites is 1. The van der Waals surface area contributed by atoms with Crippen LogP contribution in [0.5, 0.6) is 0 Å². The van der Waals surface area contributed by atoms with Crippen LogP contribution in [0.1, 0.15) is 42.0 Å². The van der Waals surface area contributed by atoms with Crippen LogP contribution in [0.15, 0.2) is 85.1 Å². The molecular formula is C25H23FN2O. The lowest BCUT2D eigenvalue weighted by Gasteiger charge is -2.20. The molecule has 0 spiro atoms. The molecule has 0 aliphatic carbocycles. The van der Waals surface area contributed by atoms with Crippen molar-refractivity contribution >= 4 is 16.8 Å². The van der Waals surface area contributed by atoms with Crippen LogP contribution in [0.3, 0.4) is 0 Å². The highest BCUT2D eigenvalue weighted by molar-refractivity contribution is 5.86. The van der Waals surface area contributed by atoms with Gasteiger partial charge in [-0.25, -0.2) is 4.39 Å². The number of nitrogens with one attached hydrogen (secondary N) is 2. The van der Waals surface area contributed by atoms with Gasteiger partial charge in [0.05, 0.1) is 6.04 Å². The lowest BCUT2D eigenvalue weighted by atomic mass is 9.88. The van der Waals surface area contributed by atoms with E-state index in [2.05, 4.69) is 10.3 Å². The third kappa shape index (κ3) is 4.21. The van der Waals surface area contributed by atoms with Crippen molar-refractivity contribution in [2.75, 3.05) is 0 Å². The molecule has 1 heterocycles. The summed E-state index contributed by atoms with van der Waals surface area (Å²) >= 11 is 0. The van der Waals surface area contributed by atoms with Crippen molar-refractivity contribution < 1.29 is 9.18 Å². The largest absolute Gasteiger partial charge is 0.361 e. The third-order valence-corrected chi connectivity index (χ3v) is 5.34. The number of benzene rings is 3. The summed E-state index contributed by atoms with van der Waals surface area (Å²) in [7, 11) is 0. The Hall–Kier alpha value is -3.40. The van der Waals surface area contributed by atoms with Gasteiger partial charge in [0.25, 0.3) is 0 Å². The highest BCUT2D eigenvalue weighted by Crippen LogP contribution is 2.33.